The van der Waals surface area contributed by atoms with Crippen molar-refractivity contribution in [2.24, 2.45) is 5.92 Å². The lowest BCUT2D eigenvalue weighted by Gasteiger charge is -2.31. The molecular formula is C24H35ClN4O5S. The number of rotatable bonds is 12. The summed E-state index contributed by atoms with van der Waals surface area (Å²) in [5, 5.41) is 0.345. The van der Waals surface area contributed by atoms with Crippen LogP contribution in [0.1, 0.15) is 25.1 Å². The maximum absolute atomic E-state index is 13.3. The van der Waals surface area contributed by atoms with Crippen LogP contribution in [0.25, 0.3) is 0 Å². The molecule has 0 saturated carbocycles. The predicted molar refractivity (Wildman–Crippen MR) is 134 cm³/mol. The molecule has 1 aliphatic rings. The number of carbonyl (C=O) groups excluding carboxylic acids is 1. The van der Waals surface area contributed by atoms with Gasteiger partial charge in [0.1, 0.15) is 0 Å². The van der Waals surface area contributed by atoms with Crippen molar-refractivity contribution in [1.29, 1.82) is 0 Å². The standard InChI is InChI=1S/C24H35ClN4O5S/c1-19(2)23(30)28(9-8-27-10-14-34-15-11-27)17-21-16-26-24(29(21)12-13-33-3)35(31,32)18-20-6-4-5-7-22(20)25/h4-7,16,19H,8-15,17-18H2,1-3H3. The van der Waals surface area contributed by atoms with E-state index in [-0.39, 0.29) is 29.3 Å². The molecule has 0 radical (unpaired) electrons. The summed E-state index contributed by atoms with van der Waals surface area (Å²) >= 11 is 6.21. The minimum atomic E-state index is -3.79. The van der Waals surface area contributed by atoms with Gasteiger partial charge in [-0.15, -0.1) is 0 Å². The lowest BCUT2D eigenvalue weighted by atomic mass is 10.2. The summed E-state index contributed by atoms with van der Waals surface area (Å²) in [6.45, 7) is 8.92. The van der Waals surface area contributed by atoms with E-state index in [0.717, 1.165) is 19.6 Å². The number of nitrogens with zero attached hydrogens (tertiary/aromatic N) is 4. The summed E-state index contributed by atoms with van der Waals surface area (Å²) in [7, 11) is -2.23. The molecule has 1 aliphatic heterocycles. The van der Waals surface area contributed by atoms with Crippen LogP contribution in [0.15, 0.2) is 35.6 Å². The fourth-order valence-corrected chi connectivity index (χ4v) is 5.82. The quantitative estimate of drug-likeness (QED) is 0.419. The molecule has 0 aliphatic carbocycles. The van der Waals surface area contributed by atoms with Crippen molar-refractivity contribution in [2.45, 2.75) is 37.8 Å². The van der Waals surface area contributed by atoms with Crippen molar-refractivity contribution in [2.75, 3.05) is 53.1 Å². The minimum absolute atomic E-state index is 0.0122. The molecule has 0 bridgehead atoms. The van der Waals surface area contributed by atoms with Gasteiger partial charge < -0.3 is 18.9 Å². The van der Waals surface area contributed by atoms with Crippen LogP contribution in [0.3, 0.4) is 0 Å². The number of imidazole rings is 1. The van der Waals surface area contributed by atoms with Gasteiger partial charge in [0.05, 0.1) is 44.0 Å². The van der Waals surface area contributed by atoms with Crippen molar-refractivity contribution in [3.05, 3.63) is 46.7 Å². The Kier molecular flexibility index (Phi) is 10.1. The number of sulfone groups is 1. The highest BCUT2D eigenvalue weighted by Crippen LogP contribution is 2.23. The monoisotopic (exact) mass is 526 g/mol. The van der Waals surface area contributed by atoms with Crippen molar-refractivity contribution >= 4 is 27.3 Å². The highest BCUT2D eigenvalue weighted by atomic mass is 35.5. The summed E-state index contributed by atoms with van der Waals surface area (Å²) in [6.07, 6.45) is 1.55. The van der Waals surface area contributed by atoms with Gasteiger partial charge in [0.25, 0.3) is 0 Å². The first-order valence-corrected chi connectivity index (χ1v) is 13.8. The summed E-state index contributed by atoms with van der Waals surface area (Å²) in [4.78, 5) is 21.4. The number of ether oxygens (including phenoxy) is 2. The smallest absolute Gasteiger partial charge is 0.228 e. The number of hydrogen-bond donors (Lipinski definition) is 0. The molecule has 1 saturated heterocycles. The molecule has 1 amide bonds. The molecule has 1 aromatic carbocycles. The number of benzene rings is 1. The number of hydrogen-bond acceptors (Lipinski definition) is 7. The van der Waals surface area contributed by atoms with E-state index in [1.807, 2.05) is 13.8 Å². The normalized spacial score (nSPS) is 15.0. The highest BCUT2D eigenvalue weighted by molar-refractivity contribution is 7.90. The average Bonchev–Trinajstić information content (AvgIpc) is 3.25. The topological polar surface area (TPSA) is 94.0 Å². The molecule has 0 atom stereocenters. The molecule has 1 fully saturated rings. The first-order chi connectivity index (χ1) is 16.7. The van der Waals surface area contributed by atoms with Crippen LogP contribution >= 0.6 is 11.6 Å². The third kappa shape index (κ3) is 7.50. The van der Waals surface area contributed by atoms with Gasteiger partial charge in [-0.3, -0.25) is 9.69 Å². The van der Waals surface area contributed by atoms with Gasteiger partial charge >= 0.3 is 0 Å². The summed E-state index contributed by atoms with van der Waals surface area (Å²) in [5.74, 6) is -0.432. The van der Waals surface area contributed by atoms with Crippen LogP contribution in [0.5, 0.6) is 0 Å². The highest BCUT2D eigenvalue weighted by Gasteiger charge is 2.27. The van der Waals surface area contributed by atoms with Gasteiger partial charge in [-0.25, -0.2) is 13.4 Å². The molecule has 1 aromatic heterocycles. The Bertz CT molecular complexity index is 1080. The number of halogens is 1. The van der Waals surface area contributed by atoms with Gasteiger partial charge in [-0.2, -0.15) is 0 Å². The zero-order valence-electron chi connectivity index (χ0n) is 20.7. The van der Waals surface area contributed by atoms with Crippen molar-refractivity contribution in [3.63, 3.8) is 0 Å². The molecule has 11 heteroatoms. The lowest BCUT2D eigenvalue weighted by molar-refractivity contribution is -0.135. The molecular weight excluding hydrogens is 492 g/mol. The van der Waals surface area contributed by atoms with Gasteiger partial charge in [0.15, 0.2) is 0 Å². The first kappa shape index (κ1) is 27.6. The Morgan fingerprint density at radius 1 is 1.23 bits per heavy atom. The van der Waals surface area contributed by atoms with Gasteiger partial charge in [-0.05, 0) is 11.6 Å². The van der Waals surface area contributed by atoms with E-state index in [1.165, 1.54) is 0 Å². The zero-order valence-corrected chi connectivity index (χ0v) is 22.2. The molecule has 3 rings (SSSR count). The van der Waals surface area contributed by atoms with Crippen molar-refractivity contribution in [1.82, 2.24) is 19.4 Å². The van der Waals surface area contributed by atoms with E-state index < -0.39 is 9.84 Å². The van der Waals surface area contributed by atoms with E-state index in [4.69, 9.17) is 21.1 Å². The largest absolute Gasteiger partial charge is 0.383 e. The number of aromatic nitrogens is 2. The SMILES string of the molecule is COCCn1c(CN(CCN2CCOCC2)C(=O)C(C)C)cnc1S(=O)(=O)Cc1ccccc1Cl. The maximum atomic E-state index is 13.3. The second-order valence-electron chi connectivity index (χ2n) is 8.90. The number of methoxy groups -OCH3 is 1. The first-order valence-electron chi connectivity index (χ1n) is 11.8. The van der Waals surface area contributed by atoms with Crippen LogP contribution in [-0.4, -0.2) is 86.8 Å². The molecule has 194 valence electrons. The second-order valence-corrected chi connectivity index (χ2v) is 11.2. The molecule has 2 aromatic rings. The van der Waals surface area contributed by atoms with E-state index in [2.05, 4.69) is 9.88 Å². The van der Waals surface area contributed by atoms with Crippen molar-refractivity contribution in [3.8, 4) is 0 Å². The maximum Gasteiger partial charge on any atom is 0.228 e. The fourth-order valence-electron chi connectivity index (χ4n) is 3.99. The van der Waals surface area contributed by atoms with Gasteiger partial charge in [0.2, 0.25) is 20.9 Å². The molecule has 0 unspecified atom stereocenters. The molecule has 35 heavy (non-hydrogen) atoms. The number of morpholine rings is 1. The summed E-state index contributed by atoms with van der Waals surface area (Å²) in [6, 6.07) is 6.87. The molecule has 9 nitrogen and oxygen atoms in total. The van der Waals surface area contributed by atoms with E-state index in [1.54, 1.807) is 47.0 Å². The second kappa shape index (κ2) is 12.8. The Morgan fingerprint density at radius 3 is 2.60 bits per heavy atom. The average molecular weight is 527 g/mol. The fraction of sp³-hybridized carbons (Fsp3) is 0.583. The lowest BCUT2D eigenvalue weighted by Crippen LogP contribution is -2.44. The number of amides is 1. The van der Waals surface area contributed by atoms with Crippen LogP contribution in [0.2, 0.25) is 5.02 Å². The summed E-state index contributed by atoms with van der Waals surface area (Å²) in [5.41, 5.74) is 1.16. The number of carbonyl (C=O) groups is 1. The summed E-state index contributed by atoms with van der Waals surface area (Å²) < 4.78 is 38.9. The van der Waals surface area contributed by atoms with Gasteiger partial charge in [-0.1, -0.05) is 43.6 Å². The Labute approximate surface area is 212 Å². The third-order valence-corrected chi connectivity index (χ3v) is 7.89. The third-order valence-electron chi connectivity index (χ3n) is 5.95. The molecule has 0 spiro atoms. The van der Waals surface area contributed by atoms with E-state index >= 15 is 0 Å². The Hall–Kier alpha value is -1.98. The van der Waals surface area contributed by atoms with Gasteiger partial charge in [0, 0.05) is 50.8 Å². The van der Waals surface area contributed by atoms with E-state index in [0.29, 0.717) is 49.2 Å². The minimum Gasteiger partial charge on any atom is -0.383 e. The van der Waals surface area contributed by atoms with Crippen molar-refractivity contribution < 1.29 is 22.7 Å². The van der Waals surface area contributed by atoms with Crippen LogP contribution in [-0.2, 0) is 42.9 Å². The molecule has 2 heterocycles. The Balaban J connectivity index is 1.85. The Morgan fingerprint density at radius 2 is 1.94 bits per heavy atom. The van der Waals surface area contributed by atoms with Crippen LogP contribution < -0.4 is 0 Å². The van der Waals surface area contributed by atoms with Crippen LogP contribution in [0, 0.1) is 5.92 Å². The zero-order chi connectivity index (χ0) is 25.4. The predicted octanol–water partition coefficient (Wildman–Crippen LogP) is 2.47. The van der Waals surface area contributed by atoms with E-state index in [9.17, 15) is 13.2 Å². The van der Waals surface area contributed by atoms with Crippen LogP contribution in [0.4, 0.5) is 0 Å². The molecule has 0 N–H and O–H groups in total.